The summed E-state index contributed by atoms with van der Waals surface area (Å²) in [5, 5.41) is 8.79. The van der Waals surface area contributed by atoms with E-state index in [4.69, 9.17) is 5.73 Å². The summed E-state index contributed by atoms with van der Waals surface area (Å²) in [4.78, 5) is 30.0. The van der Waals surface area contributed by atoms with Crippen LogP contribution in [0.1, 0.15) is 17.5 Å². The molecule has 25 heavy (non-hydrogen) atoms. The smallest absolute Gasteiger partial charge is 0.349 e. The van der Waals surface area contributed by atoms with Gasteiger partial charge >= 0.3 is 6.03 Å². The Balaban J connectivity index is 1.91. The Bertz CT molecular complexity index is 730. The maximum atomic E-state index is 12.2. The maximum Gasteiger partial charge on any atom is 0.349 e. The van der Waals surface area contributed by atoms with E-state index >= 15 is 0 Å². The molecule has 0 bridgehead atoms. The van der Waals surface area contributed by atoms with Gasteiger partial charge in [0.2, 0.25) is 0 Å². The summed E-state index contributed by atoms with van der Waals surface area (Å²) in [6, 6.07) is 2.82. The highest BCUT2D eigenvalue weighted by Gasteiger charge is 2.39. The molecular weight excluding hydrogens is 320 g/mol. The summed E-state index contributed by atoms with van der Waals surface area (Å²) < 4.78 is 0. The molecule has 2 aliphatic rings. The van der Waals surface area contributed by atoms with Crippen molar-refractivity contribution in [2.45, 2.75) is 26.3 Å². The fourth-order valence-electron chi connectivity index (χ4n) is 3.03. The summed E-state index contributed by atoms with van der Waals surface area (Å²) in [5.74, 6) is 0.0742. The van der Waals surface area contributed by atoms with Crippen molar-refractivity contribution in [2.24, 2.45) is 10.7 Å². The van der Waals surface area contributed by atoms with Gasteiger partial charge in [0.15, 0.2) is 6.04 Å². The SMILES string of the molecule is Cc1cc2c(cc1C)N(CCNCCCN)C1=NC(=O)NC(=O)C1N2. The molecule has 0 fully saturated rings. The number of hydrogen-bond acceptors (Lipinski definition) is 6. The van der Waals surface area contributed by atoms with E-state index in [1.807, 2.05) is 24.8 Å². The molecule has 3 rings (SSSR count). The lowest BCUT2D eigenvalue weighted by atomic mass is 10.0. The summed E-state index contributed by atoms with van der Waals surface area (Å²) in [6.45, 7) is 6.86. The van der Waals surface area contributed by atoms with Crippen LogP contribution in [-0.2, 0) is 4.79 Å². The molecule has 8 nitrogen and oxygen atoms in total. The molecule has 2 heterocycles. The molecule has 0 aliphatic carbocycles. The van der Waals surface area contributed by atoms with Gasteiger partial charge in [-0.1, -0.05) is 0 Å². The van der Waals surface area contributed by atoms with Crippen molar-refractivity contribution in [3.05, 3.63) is 23.3 Å². The zero-order chi connectivity index (χ0) is 18.0. The second kappa shape index (κ2) is 7.20. The first-order valence-corrected chi connectivity index (χ1v) is 8.50. The van der Waals surface area contributed by atoms with E-state index in [9.17, 15) is 9.59 Å². The van der Waals surface area contributed by atoms with E-state index in [0.29, 0.717) is 25.5 Å². The van der Waals surface area contributed by atoms with Crippen LogP contribution < -0.4 is 26.6 Å². The number of urea groups is 1. The van der Waals surface area contributed by atoms with Crippen LogP contribution in [-0.4, -0.2) is 50.0 Å². The average Bonchev–Trinajstić information content (AvgIpc) is 2.56. The zero-order valence-corrected chi connectivity index (χ0v) is 14.6. The lowest BCUT2D eigenvalue weighted by Gasteiger charge is -2.39. The number of rotatable bonds is 6. The third-order valence-corrected chi connectivity index (χ3v) is 4.52. The molecule has 1 aromatic rings. The van der Waals surface area contributed by atoms with E-state index in [1.165, 1.54) is 0 Å². The van der Waals surface area contributed by atoms with Gasteiger partial charge in [0, 0.05) is 13.1 Å². The zero-order valence-electron chi connectivity index (χ0n) is 14.6. The van der Waals surface area contributed by atoms with Crippen LogP contribution in [0.2, 0.25) is 0 Å². The molecule has 2 aliphatic heterocycles. The molecule has 1 atom stereocenters. The van der Waals surface area contributed by atoms with E-state index in [2.05, 4.69) is 27.0 Å². The Morgan fingerprint density at radius 1 is 1.24 bits per heavy atom. The minimum atomic E-state index is -0.656. The molecule has 3 amide bonds. The number of aliphatic imine (C=N–C) groups is 1. The molecular formula is C17H24N6O2. The van der Waals surface area contributed by atoms with Crippen LogP contribution in [0.15, 0.2) is 17.1 Å². The second-order valence-electron chi connectivity index (χ2n) is 6.34. The highest BCUT2D eigenvalue weighted by molar-refractivity contribution is 6.26. The average molecular weight is 344 g/mol. The Kier molecular flexibility index (Phi) is 5.00. The number of fused-ring (bicyclic) bond motifs is 2. The lowest BCUT2D eigenvalue weighted by Crippen LogP contribution is -2.59. The predicted octanol–water partition coefficient (Wildman–Crippen LogP) is 0.491. The number of benzene rings is 1. The third-order valence-electron chi connectivity index (χ3n) is 4.52. The molecule has 0 aromatic heterocycles. The maximum absolute atomic E-state index is 12.2. The third kappa shape index (κ3) is 3.49. The van der Waals surface area contributed by atoms with Crippen LogP contribution >= 0.6 is 0 Å². The van der Waals surface area contributed by atoms with E-state index in [1.54, 1.807) is 0 Å². The van der Waals surface area contributed by atoms with Gasteiger partial charge in [-0.25, -0.2) is 4.79 Å². The summed E-state index contributed by atoms with van der Waals surface area (Å²) in [7, 11) is 0. The van der Waals surface area contributed by atoms with Gasteiger partial charge < -0.3 is 21.3 Å². The summed E-state index contributed by atoms with van der Waals surface area (Å²) >= 11 is 0. The molecule has 134 valence electrons. The van der Waals surface area contributed by atoms with Crippen LogP contribution in [0.3, 0.4) is 0 Å². The highest BCUT2D eigenvalue weighted by Crippen LogP contribution is 2.35. The molecule has 0 radical (unpaired) electrons. The number of amides is 3. The fourth-order valence-corrected chi connectivity index (χ4v) is 3.03. The largest absolute Gasteiger partial charge is 0.366 e. The summed E-state index contributed by atoms with van der Waals surface area (Å²) in [6.07, 6.45) is 0.904. The quantitative estimate of drug-likeness (QED) is 0.559. The number of hydrogen-bond donors (Lipinski definition) is 4. The lowest BCUT2D eigenvalue weighted by molar-refractivity contribution is -0.119. The molecule has 0 saturated carbocycles. The number of nitrogens with zero attached hydrogens (tertiary/aromatic N) is 2. The van der Waals surface area contributed by atoms with E-state index < -0.39 is 12.1 Å². The molecule has 1 unspecified atom stereocenters. The van der Waals surface area contributed by atoms with Gasteiger partial charge in [0.1, 0.15) is 5.84 Å². The van der Waals surface area contributed by atoms with Gasteiger partial charge in [-0.2, -0.15) is 4.99 Å². The van der Waals surface area contributed by atoms with Gasteiger partial charge in [-0.15, -0.1) is 0 Å². The predicted molar refractivity (Wildman–Crippen MR) is 98.2 cm³/mol. The number of carbonyl (C=O) groups is 2. The van der Waals surface area contributed by atoms with Crippen LogP contribution in [0.4, 0.5) is 16.2 Å². The first-order chi connectivity index (χ1) is 12.0. The number of anilines is 2. The van der Waals surface area contributed by atoms with Crippen LogP contribution in [0.25, 0.3) is 0 Å². The first kappa shape index (κ1) is 17.4. The molecule has 5 N–H and O–H groups in total. The highest BCUT2D eigenvalue weighted by atomic mass is 16.2. The minimum Gasteiger partial charge on any atom is -0.366 e. The van der Waals surface area contributed by atoms with Gasteiger partial charge in [0.25, 0.3) is 5.91 Å². The molecule has 0 saturated heterocycles. The van der Waals surface area contributed by atoms with Crippen molar-refractivity contribution >= 4 is 29.1 Å². The number of nitrogens with two attached hydrogens (primary N) is 1. The van der Waals surface area contributed by atoms with Crippen molar-refractivity contribution in [3.63, 3.8) is 0 Å². The number of carbonyl (C=O) groups excluding carboxylic acids is 2. The van der Waals surface area contributed by atoms with Gasteiger partial charge in [0.05, 0.1) is 11.4 Å². The van der Waals surface area contributed by atoms with Gasteiger partial charge in [-0.05, 0) is 56.6 Å². The number of amidine groups is 1. The number of imide groups is 1. The molecule has 8 heteroatoms. The van der Waals surface area contributed by atoms with Crippen LogP contribution in [0, 0.1) is 13.8 Å². The Morgan fingerprint density at radius 3 is 2.76 bits per heavy atom. The monoisotopic (exact) mass is 344 g/mol. The van der Waals surface area contributed by atoms with Gasteiger partial charge in [-0.3, -0.25) is 10.1 Å². The van der Waals surface area contributed by atoms with Crippen LogP contribution in [0.5, 0.6) is 0 Å². The van der Waals surface area contributed by atoms with Crippen molar-refractivity contribution in [2.75, 3.05) is 36.4 Å². The van der Waals surface area contributed by atoms with Crippen molar-refractivity contribution in [1.82, 2.24) is 10.6 Å². The topological polar surface area (TPSA) is 112 Å². The Labute approximate surface area is 146 Å². The number of aryl methyl sites for hydroxylation is 2. The normalized spacial score (nSPS) is 18.9. The fraction of sp³-hybridized carbons (Fsp3) is 0.471. The standard InChI is InChI=1S/C17H24N6O2/c1-10-8-12-13(9-11(10)2)23(7-6-19-5-3-4-18)15-14(20-12)16(24)22-17(25)21-15/h8-9,14,19-20H,3-7,18H2,1-2H3,(H,22,24,25). The molecule has 1 aromatic carbocycles. The van der Waals surface area contributed by atoms with Crippen molar-refractivity contribution < 1.29 is 9.59 Å². The molecule has 0 spiro atoms. The Hall–Kier alpha value is -2.45. The number of nitrogens with one attached hydrogen (secondary N) is 3. The Morgan fingerprint density at radius 2 is 2.00 bits per heavy atom. The summed E-state index contributed by atoms with van der Waals surface area (Å²) in [5.41, 5.74) is 9.60. The van der Waals surface area contributed by atoms with Crippen molar-refractivity contribution in [3.8, 4) is 0 Å². The second-order valence-corrected chi connectivity index (χ2v) is 6.34. The van der Waals surface area contributed by atoms with E-state index in [-0.39, 0.29) is 5.91 Å². The van der Waals surface area contributed by atoms with Crippen molar-refractivity contribution in [1.29, 1.82) is 0 Å². The van der Waals surface area contributed by atoms with E-state index in [0.717, 1.165) is 35.5 Å². The minimum absolute atomic E-state index is 0.375. The first-order valence-electron chi connectivity index (χ1n) is 8.50.